The molecule has 0 saturated heterocycles. The van der Waals surface area contributed by atoms with E-state index in [0.29, 0.717) is 18.8 Å². The number of hydrogen-bond donors (Lipinski definition) is 2. The Morgan fingerprint density at radius 1 is 1.33 bits per heavy atom. The lowest BCUT2D eigenvalue weighted by Gasteiger charge is -2.08. The number of methoxy groups -OCH3 is 1. The summed E-state index contributed by atoms with van der Waals surface area (Å²) in [4.78, 5) is 11.3. The summed E-state index contributed by atoms with van der Waals surface area (Å²) in [6.45, 7) is 1.27. The van der Waals surface area contributed by atoms with Crippen LogP contribution < -0.4 is 10.6 Å². The predicted octanol–water partition coefficient (Wildman–Crippen LogP) is 1.25. The molecule has 0 aromatic heterocycles. The Hall–Kier alpha value is -1.66. The molecule has 18 heavy (non-hydrogen) atoms. The van der Waals surface area contributed by atoms with E-state index in [1.54, 1.807) is 19.2 Å². The van der Waals surface area contributed by atoms with Crippen molar-refractivity contribution < 1.29 is 18.7 Å². The second-order valence-electron chi connectivity index (χ2n) is 3.53. The number of carbonyl (C=O) groups excluding carboxylic acids is 1. The highest BCUT2D eigenvalue weighted by atomic mass is 19.1. The molecular formula is C12H17FN2O3. The summed E-state index contributed by atoms with van der Waals surface area (Å²) >= 11 is 0. The van der Waals surface area contributed by atoms with Gasteiger partial charge in [0.2, 0.25) is 0 Å². The van der Waals surface area contributed by atoms with Crippen LogP contribution in [0.4, 0.5) is 9.18 Å². The minimum absolute atomic E-state index is 0.109. The zero-order valence-corrected chi connectivity index (χ0v) is 10.2. The molecule has 0 aliphatic carbocycles. The molecule has 0 radical (unpaired) electrons. The van der Waals surface area contributed by atoms with Crippen molar-refractivity contribution in [1.82, 2.24) is 10.6 Å². The third-order valence-corrected chi connectivity index (χ3v) is 2.11. The summed E-state index contributed by atoms with van der Waals surface area (Å²) in [7, 11) is 1.57. The second-order valence-corrected chi connectivity index (χ2v) is 3.53. The Labute approximate surface area is 105 Å². The summed E-state index contributed by atoms with van der Waals surface area (Å²) in [6.07, 6.45) is 0. The highest BCUT2D eigenvalue weighted by Gasteiger charge is 2.00. The number of hydrogen-bond acceptors (Lipinski definition) is 3. The first-order valence-electron chi connectivity index (χ1n) is 5.55. The molecule has 0 spiro atoms. The van der Waals surface area contributed by atoms with Gasteiger partial charge in [-0.05, 0) is 17.7 Å². The van der Waals surface area contributed by atoms with Crippen molar-refractivity contribution in [2.45, 2.75) is 6.54 Å². The van der Waals surface area contributed by atoms with Crippen LogP contribution in [-0.4, -0.2) is 33.1 Å². The van der Waals surface area contributed by atoms with Crippen LogP contribution in [0.15, 0.2) is 24.3 Å². The lowest BCUT2D eigenvalue weighted by molar-refractivity contribution is 0.0642. The van der Waals surface area contributed by atoms with E-state index in [1.165, 1.54) is 12.1 Å². The fourth-order valence-corrected chi connectivity index (χ4v) is 1.22. The molecule has 2 N–H and O–H groups in total. The SMILES string of the molecule is COCCOCNC(=O)NCc1cccc(F)c1. The van der Waals surface area contributed by atoms with Gasteiger partial charge in [-0.1, -0.05) is 12.1 Å². The van der Waals surface area contributed by atoms with Crippen LogP contribution in [0.5, 0.6) is 0 Å². The summed E-state index contributed by atoms with van der Waals surface area (Å²) in [5, 5.41) is 5.09. The Morgan fingerprint density at radius 2 is 2.17 bits per heavy atom. The average Bonchev–Trinajstić information content (AvgIpc) is 2.36. The van der Waals surface area contributed by atoms with Gasteiger partial charge in [0.05, 0.1) is 13.2 Å². The monoisotopic (exact) mass is 256 g/mol. The van der Waals surface area contributed by atoms with Crippen LogP contribution in [0.1, 0.15) is 5.56 Å². The third kappa shape index (κ3) is 6.17. The predicted molar refractivity (Wildman–Crippen MR) is 64.5 cm³/mol. The van der Waals surface area contributed by atoms with Crippen molar-refractivity contribution in [3.05, 3.63) is 35.6 Å². The quantitative estimate of drug-likeness (QED) is 0.570. The summed E-state index contributed by atoms with van der Waals surface area (Å²) in [5.41, 5.74) is 0.699. The van der Waals surface area contributed by atoms with Gasteiger partial charge in [-0.25, -0.2) is 9.18 Å². The molecular weight excluding hydrogens is 239 g/mol. The molecule has 5 nitrogen and oxygen atoms in total. The Morgan fingerprint density at radius 3 is 2.89 bits per heavy atom. The minimum Gasteiger partial charge on any atom is -0.382 e. The fourth-order valence-electron chi connectivity index (χ4n) is 1.22. The molecule has 100 valence electrons. The molecule has 0 aliphatic rings. The molecule has 1 rings (SSSR count). The van der Waals surface area contributed by atoms with Crippen molar-refractivity contribution in [3.8, 4) is 0 Å². The number of ether oxygens (including phenoxy) is 2. The highest BCUT2D eigenvalue weighted by molar-refractivity contribution is 5.73. The van der Waals surface area contributed by atoms with Crippen LogP contribution in [0.25, 0.3) is 0 Å². The largest absolute Gasteiger partial charge is 0.382 e. The molecule has 6 heteroatoms. The van der Waals surface area contributed by atoms with Crippen molar-refractivity contribution in [2.75, 3.05) is 27.1 Å². The van der Waals surface area contributed by atoms with Crippen molar-refractivity contribution in [3.63, 3.8) is 0 Å². The first-order valence-corrected chi connectivity index (χ1v) is 5.55. The molecule has 0 atom stereocenters. The summed E-state index contributed by atoms with van der Waals surface area (Å²) < 4.78 is 22.7. The van der Waals surface area contributed by atoms with E-state index < -0.39 is 0 Å². The number of amides is 2. The van der Waals surface area contributed by atoms with E-state index in [2.05, 4.69) is 10.6 Å². The van der Waals surface area contributed by atoms with E-state index in [1.807, 2.05) is 0 Å². The van der Waals surface area contributed by atoms with Crippen LogP contribution >= 0.6 is 0 Å². The Kier molecular flexibility index (Phi) is 6.75. The van der Waals surface area contributed by atoms with Gasteiger partial charge in [0.1, 0.15) is 12.5 Å². The smallest absolute Gasteiger partial charge is 0.316 e. The van der Waals surface area contributed by atoms with Crippen LogP contribution in [-0.2, 0) is 16.0 Å². The van der Waals surface area contributed by atoms with Gasteiger partial charge in [0.25, 0.3) is 0 Å². The molecule has 1 aromatic rings. The third-order valence-electron chi connectivity index (χ3n) is 2.11. The number of halogens is 1. The van der Waals surface area contributed by atoms with Gasteiger partial charge in [-0.2, -0.15) is 0 Å². The van der Waals surface area contributed by atoms with Gasteiger partial charge >= 0.3 is 6.03 Å². The normalized spacial score (nSPS) is 10.1. The van der Waals surface area contributed by atoms with Crippen LogP contribution in [0, 0.1) is 5.82 Å². The van der Waals surface area contributed by atoms with E-state index >= 15 is 0 Å². The maximum absolute atomic E-state index is 12.9. The molecule has 0 unspecified atom stereocenters. The molecule has 0 bridgehead atoms. The second kappa shape index (κ2) is 8.43. The molecule has 0 heterocycles. The Balaban J connectivity index is 2.13. The maximum atomic E-state index is 12.9. The first-order chi connectivity index (χ1) is 8.72. The number of urea groups is 1. The number of nitrogens with one attached hydrogen (secondary N) is 2. The highest BCUT2D eigenvalue weighted by Crippen LogP contribution is 2.02. The van der Waals surface area contributed by atoms with Gasteiger partial charge in [-0.15, -0.1) is 0 Å². The van der Waals surface area contributed by atoms with Gasteiger partial charge < -0.3 is 20.1 Å². The standard InChI is InChI=1S/C12H17FN2O3/c1-17-5-6-18-9-15-12(16)14-8-10-3-2-4-11(13)7-10/h2-4,7H,5-6,8-9H2,1H3,(H2,14,15,16). The van der Waals surface area contributed by atoms with Crippen molar-refractivity contribution in [2.24, 2.45) is 0 Å². The average molecular weight is 256 g/mol. The van der Waals surface area contributed by atoms with Crippen molar-refractivity contribution >= 4 is 6.03 Å². The molecule has 2 amide bonds. The first kappa shape index (κ1) is 14.4. The van der Waals surface area contributed by atoms with E-state index in [-0.39, 0.29) is 25.1 Å². The number of benzene rings is 1. The molecule has 0 aliphatic heterocycles. The lowest BCUT2D eigenvalue weighted by Crippen LogP contribution is -2.36. The van der Waals surface area contributed by atoms with Gasteiger partial charge in [0, 0.05) is 13.7 Å². The van der Waals surface area contributed by atoms with Gasteiger partial charge in [-0.3, -0.25) is 0 Å². The minimum atomic E-state index is -0.364. The topological polar surface area (TPSA) is 59.6 Å². The Bertz CT molecular complexity index is 374. The summed E-state index contributed by atoms with van der Waals surface area (Å²) in [5.74, 6) is -0.322. The van der Waals surface area contributed by atoms with E-state index in [4.69, 9.17) is 9.47 Å². The van der Waals surface area contributed by atoms with E-state index in [9.17, 15) is 9.18 Å². The number of rotatable bonds is 7. The maximum Gasteiger partial charge on any atom is 0.316 e. The summed E-state index contributed by atoms with van der Waals surface area (Å²) in [6, 6.07) is 5.69. The molecule has 0 fully saturated rings. The zero-order chi connectivity index (χ0) is 13.2. The van der Waals surface area contributed by atoms with Crippen LogP contribution in [0.3, 0.4) is 0 Å². The number of carbonyl (C=O) groups is 1. The van der Waals surface area contributed by atoms with E-state index in [0.717, 1.165) is 0 Å². The van der Waals surface area contributed by atoms with Crippen molar-refractivity contribution in [1.29, 1.82) is 0 Å². The molecule has 0 saturated carbocycles. The lowest BCUT2D eigenvalue weighted by atomic mass is 10.2. The molecule has 1 aromatic carbocycles. The van der Waals surface area contributed by atoms with Gasteiger partial charge in [0.15, 0.2) is 0 Å². The fraction of sp³-hybridized carbons (Fsp3) is 0.417. The van der Waals surface area contributed by atoms with Crippen LogP contribution in [0.2, 0.25) is 0 Å². The zero-order valence-electron chi connectivity index (χ0n) is 10.2.